The van der Waals surface area contributed by atoms with Gasteiger partial charge in [0.2, 0.25) is 5.88 Å². The minimum atomic E-state index is -5.02. The molecule has 1 rings (SSSR count). The number of halogens is 5. The molecule has 0 aromatic carbocycles. The maximum absolute atomic E-state index is 12.5. The third-order valence-corrected chi connectivity index (χ3v) is 1.99. The van der Waals surface area contributed by atoms with E-state index in [1.165, 1.54) is 0 Å². The second-order valence-electron chi connectivity index (χ2n) is 3.20. The standard InChI is InChI=1S/C9H9F5N2O2/c10-7(11)5-1-4(2-15)8(16-6(5)3-17)18-9(12,13)14/h1,7,17H,2-3,15H2. The Balaban J connectivity index is 3.26. The molecule has 0 aliphatic carbocycles. The zero-order valence-electron chi connectivity index (χ0n) is 8.84. The lowest BCUT2D eigenvalue weighted by Gasteiger charge is -2.14. The fourth-order valence-electron chi connectivity index (χ4n) is 1.25. The number of aliphatic hydroxyl groups excluding tert-OH is 1. The molecule has 4 nitrogen and oxygen atoms in total. The predicted octanol–water partition coefficient (Wildman–Crippen LogP) is 1.87. The largest absolute Gasteiger partial charge is 0.574 e. The van der Waals surface area contributed by atoms with Crippen LogP contribution in [0.4, 0.5) is 22.0 Å². The van der Waals surface area contributed by atoms with Crippen LogP contribution < -0.4 is 10.5 Å². The highest BCUT2D eigenvalue weighted by atomic mass is 19.4. The minimum Gasteiger partial charge on any atom is -0.390 e. The lowest BCUT2D eigenvalue weighted by atomic mass is 10.1. The number of rotatable bonds is 4. The van der Waals surface area contributed by atoms with E-state index in [4.69, 9.17) is 10.8 Å². The smallest absolute Gasteiger partial charge is 0.390 e. The van der Waals surface area contributed by atoms with Crippen LogP contribution in [0, 0.1) is 0 Å². The first-order valence-corrected chi connectivity index (χ1v) is 4.66. The third-order valence-electron chi connectivity index (χ3n) is 1.99. The van der Waals surface area contributed by atoms with Gasteiger partial charge in [0.05, 0.1) is 12.3 Å². The lowest BCUT2D eigenvalue weighted by molar-refractivity contribution is -0.276. The SMILES string of the molecule is NCc1cc(C(F)F)c(CO)nc1OC(F)(F)F. The van der Waals surface area contributed by atoms with Crippen molar-refractivity contribution in [3.8, 4) is 5.88 Å². The van der Waals surface area contributed by atoms with Crippen molar-refractivity contribution in [2.45, 2.75) is 25.9 Å². The second kappa shape index (κ2) is 5.44. The molecule has 1 aromatic heterocycles. The van der Waals surface area contributed by atoms with E-state index in [1.807, 2.05) is 0 Å². The monoisotopic (exact) mass is 272 g/mol. The molecular weight excluding hydrogens is 263 g/mol. The van der Waals surface area contributed by atoms with Crippen LogP contribution in [0.1, 0.15) is 23.2 Å². The molecule has 0 radical (unpaired) electrons. The van der Waals surface area contributed by atoms with Gasteiger partial charge in [0.1, 0.15) is 0 Å². The third kappa shape index (κ3) is 3.50. The molecule has 0 spiro atoms. The van der Waals surface area contributed by atoms with Gasteiger partial charge in [-0.3, -0.25) is 0 Å². The predicted molar refractivity (Wildman–Crippen MR) is 49.7 cm³/mol. The number of alkyl halides is 5. The molecule has 18 heavy (non-hydrogen) atoms. The van der Waals surface area contributed by atoms with E-state index >= 15 is 0 Å². The lowest BCUT2D eigenvalue weighted by Crippen LogP contribution is -2.20. The average Bonchev–Trinajstić information content (AvgIpc) is 2.25. The van der Waals surface area contributed by atoms with E-state index in [-0.39, 0.29) is 5.56 Å². The molecule has 1 heterocycles. The van der Waals surface area contributed by atoms with Crippen LogP contribution >= 0.6 is 0 Å². The molecule has 9 heteroatoms. The van der Waals surface area contributed by atoms with E-state index in [9.17, 15) is 22.0 Å². The van der Waals surface area contributed by atoms with Gasteiger partial charge in [0, 0.05) is 17.7 Å². The Morgan fingerprint density at radius 1 is 1.39 bits per heavy atom. The number of ether oxygens (including phenoxy) is 1. The zero-order chi connectivity index (χ0) is 13.9. The van der Waals surface area contributed by atoms with E-state index in [0.29, 0.717) is 0 Å². The summed E-state index contributed by atoms with van der Waals surface area (Å²) in [5.74, 6) is -0.932. The number of aliphatic hydroxyl groups is 1. The summed E-state index contributed by atoms with van der Waals surface area (Å²) in [6.07, 6.45) is -8.00. The number of hydrogen-bond donors (Lipinski definition) is 2. The normalized spacial score (nSPS) is 12.0. The van der Waals surface area contributed by atoms with Crippen LogP contribution in [-0.4, -0.2) is 16.5 Å². The van der Waals surface area contributed by atoms with Crippen molar-refractivity contribution in [1.29, 1.82) is 0 Å². The average molecular weight is 272 g/mol. The minimum absolute atomic E-state index is 0.320. The Morgan fingerprint density at radius 2 is 2.00 bits per heavy atom. The molecule has 0 aliphatic rings. The first-order chi connectivity index (χ1) is 8.28. The van der Waals surface area contributed by atoms with Crippen molar-refractivity contribution in [2.75, 3.05) is 0 Å². The number of pyridine rings is 1. The molecule has 0 unspecified atom stereocenters. The van der Waals surface area contributed by atoms with E-state index in [2.05, 4.69) is 9.72 Å². The highest BCUT2D eigenvalue weighted by Crippen LogP contribution is 2.30. The molecule has 102 valence electrons. The summed E-state index contributed by atoms with van der Waals surface area (Å²) in [6.45, 7) is -1.39. The topological polar surface area (TPSA) is 68.4 Å². The Kier molecular flexibility index (Phi) is 4.41. The van der Waals surface area contributed by atoms with Gasteiger partial charge in [-0.05, 0) is 6.07 Å². The van der Waals surface area contributed by atoms with Gasteiger partial charge < -0.3 is 15.6 Å². The molecular formula is C9H9F5N2O2. The molecule has 1 aromatic rings. The first kappa shape index (κ1) is 14.6. The molecule has 0 saturated carbocycles. The second-order valence-corrected chi connectivity index (χ2v) is 3.20. The Bertz CT molecular complexity index is 422. The number of aromatic nitrogens is 1. The summed E-state index contributed by atoms with van der Waals surface area (Å²) in [4.78, 5) is 3.22. The highest BCUT2D eigenvalue weighted by Gasteiger charge is 2.33. The van der Waals surface area contributed by atoms with E-state index in [1.54, 1.807) is 0 Å². The van der Waals surface area contributed by atoms with Crippen LogP contribution in [0.2, 0.25) is 0 Å². The van der Waals surface area contributed by atoms with E-state index < -0.39 is 43.1 Å². The summed E-state index contributed by atoms with van der Waals surface area (Å²) >= 11 is 0. The summed E-state index contributed by atoms with van der Waals surface area (Å²) in [6, 6.07) is 0.740. The maximum atomic E-state index is 12.5. The number of nitrogens with zero attached hydrogens (tertiary/aromatic N) is 1. The molecule has 0 aliphatic heterocycles. The summed E-state index contributed by atoms with van der Waals surface area (Å²) < 4.78 is 64.8. The van der Waals surface area contributed by atoms with Gasteiger partial charge in [-0.1, -0.05) is 0 Å². The summed E-state index contributed by atoms with van der Waals surface area (Å²) in [5.41, 5.74) is 3.56. The van der Waals surface area contributed by atoms with Crippen molar-refractivity contribution < 1.29 is 31.8 Å². The Hall–Kier alpha value is -1.48. The van der Waals surface area contributed by atoms with Crippen LogP contribution in [0.25, 0.3) is 0 Å². The quantitative estimate of drug-likeness (QED) is 0.821. The van der Waals surface area contributed by atoms with Crippen molar-refractivity contribution in [1.82, 2.24) is 4.98 Å². The van der Waals surface area contributed by atoms with Crippen molar-refractivity contribution in [2.24, 2.45) is 5.73 Å². The van der Waals surface area contributed by atoms with Crippen LogP contribution in [0.3, 0.4) is 0 Å². The zero-order valence-corrected chi connectivity index (χ0v) is 8.84. The number of nitrogens with two attached hydrogens (primary N) is 1. The van der Waals surface area contributed by atoms with E-state index in [0.717, 1.165) is 6.07 Å². The fraction of sp³-hybridized carbons (Fsp3) is 0.444. The molecule has 0 fully saturated rings. The molecule has 0 bridgehead atoms. The van der Waals surface area contributed by atoms with Crippen LogP contribution in [0.15, 0.2) is 6.07 Å². The first-order valence-electron chi connectivity index (χ1n) is 4.66. The molecule has 0 atom stereocenters. The highest BCUT2D eigenvalue weighted by molar-refractivity contribution is 5.35. The summed E-state index contributed by atoms with van der Waals surface area (Å²) in [7, 11) is 0. The van der Waals surface area contributed by atoms with Crippen LogP contribution in [-0.2, 0) is 13.2 Å². The fourth-order valence-corrected chi connectivity index (χ4v) is 1.25. The Morgan fingerprint density at radius 3 is 2.39 bits per heavy atom. The Labute approximate surface area is 98.2 Å². The van der Waals surface area contributed by atoms with Gasteiger partial charge in [0.15, 0.2) is 0 Å². The molecule has 3 N–H and O–H groups in total. The summed E-state index contributed by atoms with van der Waals surface area (Å²) in [5, 5.41) is 8.79. The maximum Gasteiger partial charge on any atom is 0.574 e. The van der Waals surface area contributed by atoms with Gasteiger partial charge in [0.25, 0.3) is 6.43 Å². The van der Waals surface area contributed by atoms with Gasteiger partial charge in [-0.15, -0.1) is 13.2 Å². The van der Waals surface area contributed by atoms with Gasteiger partial charge in [-0.25, -0.2) is 13.8 Å². The van der Waals surface area contributed by atoms with Gasteiger partial charge >= 0.3 is 6.36 Å². The number of hydrogen-bond acceptors (Lipinski definition) is 4. The van der Waals surface area contributed by atoms with Crippen LogP contribution in [0.5, 0.6) is 5.88 Å². The van der Waals surface area contributed by atoms with Gasteiger partial charge in [-0.2, -0.15) is 0 Å². The van der Waals surface area contributed by atoms with Crippen molar-refractivity contribution in [3.05, 3.63) is 22.9 Å². The molecule has 0 saturated heterocycles. The van der Waals surface area contributed by atoms with Crippen molar-refractivity contribution >= 4 is 0 Å². The van der Waals surface area contributed by atoms with Crippen molar-refractivity contribution in [3.63, 3.8) is 0 Å². The molecule has 0 amide bonds.